The Labute approximate surface area is 151 Å². The lowest BCUT2D eigenvalue weighted by Gasteiger charge is -2.16. The third kappa shape index (κ3) is 4.68. The third-order valence-corrected chi connectivity index (χ3v) is 5.31. The first-order chi connectivity index (χ1) is 12.2. The summed E-state index contributed by atoms with van der Waals surface area (Å²) in [5, 5.41) is 8.77. The van der Waals surface area contributed by atoms with Crippen LogP contribution < -0.4 is 9.46 Å². The number of benzene rings is 2. The second kappa shape index (κ2) is 8.11. The second-order valence-corrected chi connectivity index (χ2v) is 7.39. The molecule has 0 aliphatic rings. The molecule has 0 spiro atoms. The summed E-state index contributed by atoms with van der Waals surface area (Å²) in [6, 6.07) is 10.00. The van der Waals surface area contributed by atoms with Crippen LogP contribution in [-0.2, 0) is 19.6 Å². The van der Waals surface area contributed by atoms with Gasteiger partial charge in [-0.25, -0.2) is 13.1 Å². The van der Waals surface area contributed by atoms with Gasteiger partial charge in [0.15, 0.2) is 0 Å². The van der Waals surface area contributed by atoms with Gasteiger partial charge in [0.2, 0.25) is 10.0 Å². The van der Waals surface area contributed by atoms with Crippen LogP contribution in [0.1, 0.15) is 17.5 Å². The molecule has 0 aliphatic heterocycles. The lowest BCUT2D eigenvalue weighted by molar-refractivity contribution is -0.138. The summed E-state index contributed by atoms with van der Waals surface area (Å²) in [6.07, 6.45) is -0.400. The maximum Gasteiger partial charge on any atom is 0.305 e. The van der Waals surface area contributed by atoms with Crippen LogP contribution in [-0.4, -0.2) is 31.8 Å². The Kier molecular flexibility index (Phi) is 6.12. The summed E-state index contributed by atoms with van der Waals surface area (Å²) in [5.74, 6) is -0.705. The topological polar surface area (TPSA) is 110 Å². The smallest absolute Gasteiger partial charge is 0.305 e. The highest BCUT2D eigenvalue weighted by Crippen LogP contribution is 2.31. The van der Waals surface area contributed by atoms with Crippen molar-refractivity contribution in [2.45, 2.75) is 31.2 Å². The molecule has 138 valence electrons. The molecule has 2 aromatic rings. The Bertz CT molecular complexity index is 923. The minimum atomic E-state index is -4.16. The Balaban J connectivity index is 2.37. The maximum atomic E-state index is 12.6. The predicted octanol–water partition coefficient (Wildman–Crippen LogP) is 2.42. The fourth-order valence-electron chi connectivity index (χ4n) is 2.28. The highest BCUT2D eigenvalue weighted by molar-refractivity contribution is 7.89. The Morgan fingerprint density at radius 1 is 1.15 bits per heavy atom. The van der Waals surface area contributed by atoms with E-state index in [0.717, 1.165) is 11.1 Å². The van der Waals surface area contributed by atoms with Gasteiger partial charge in [0.05, 0.1) is 12.5 Å². The van der Waals surface area contributed by atoms with Gasteiger partial charge in [-0.1, -0.05) is 24.3 Å². The first-order valence-electron chi connectivity index (χ1n) is 7.77. The van der Waals surface area contributed by atoms with Crippen LogP contribution in [0.3, 0.4) is 0 Å². The molecular weight excluding hydrogens is 358 g/mol. The monoisotopic (exact) mass is 377 g/mol. The summed E-state index contributed by atoms with van der Waals surface area (Å²) >= 11 is 0. The van der Waals surface area contributed by atoms with Crippen molar-refractivity contribution in [2.75, 3.05) is 0 Å². The molecule has 1 atom stereocenters. The van der Waals surface area contributed by atoms with Crippen molar-refractivity contribution in [1.29, 1.82) is 0 Å². The van der Waals surface area contributed by atoms with E-state index in [4.69, 9.17) is 9.84 Å². The largest absolute Gasteiger partial charge is 0.481 e. The molecule has 0 radical (unpaired) electrons. The van der Waals surface area contributed by atoms with Crippen LogP contribution in [0.15, 0.2) is 47.4 Å². The van der Waals surface area contributed by atoms with Crippen molar-refractivity contribution in [3.63, 3.8) is 0 Å². The van der Waals surface area contributed by atoms with E-state index in [9.17, 15) is 18.0 Å². The average molecular weight is 377 g/mol. The third-order valence-electron chi connectivity index (χ3n) is 3.78. The molecule has 2 N–H and O–H groups in total. The highest BCUT2D eigenvalue weighted by Gasteiger charge is 2.25. The summed E-state index contributed by atoms with van der Waals surface area (Å²) in [4.78, 5) is 21.6. The van der Waals surface area contributed by atoms with Crippen LogP contribution in [0, 0.1) is 13.8 Å². The number of ether oxygens (including phenoxy) is 1. The number of nitrogens with one attached hydrogen (secondary N) is 1. The van der Waals surface area contributed by atoms with Crippen LogP contribution >= 0.6 is 0 Å². The van der Waals surface area contributed by atoms with Gasteiger partial charge in [0.1, 0.15) is 22.7 Å². The van der Waals surface area contributed by atoms with Gasteiger partial charge in [0, 0.05) is 0 Å². The number of carboxylic acids is 1. The molecule has 0 saturated heterocycles. The van der Waals surface area contributed by atoms with Crippen molar-refractivity contribution >= 4 is 22.3 Å². The normalized spacial score (nSPS) is 12.4. The van der Waals surface area contributed by atoms with E-state index in [1.807, 2.05) is 19.9 Å². The van der Waals surface area contributed by atoms with Gasteiger partial charge < -0.3 is 14.6 Å². The molecule has 0 heterocycles. The van der Waals surface area contributed by atoms with Crippen molar-refractivity contribution in [3.05, 3.63) is 53.6 Å². The first-order valence-corrected chi connectivity index (χ1v) is 9.25. The van der Waals surface area contributed by atoms with Crippen LogP contribution in [0.4, 0.5) is 0 Å². The minimum absolute atomic E-state index is 0.0775. The number of carbonyl (C=O) groups is 2. The van der Waals surface area contributed by atoms with Crippen molar-refractivity contribution < 1.29 is 27.9 Å². The standard InChI is InChI=1S/C18H19NO6S/c1-12-6-5-8-15(13(12)2)25-16-7-3-4-9-17(16)26(23,24)19-14(11-20)10-18(21)22/h3-9,11,14,19H,10H2,1-2H3,(H,21,22)/t14-/m0/s1. The molecule has 0 saturated carbocycles. The van der Waals surface area contributed by atoms with E-state index in [-0.39, 0.29) is 16.9 Å². The number of carboxylic acid groups (broad SMARTS) is 1. The van der Waals surface area contributed by atoms with E-state index >= 15 is 0 Å². The number of aliphatic carboxylic acids is 1. The van der Waals surface area contributed by atoms with E-state index in [1.54, 1.807) is 18.2 Å². The van der Waals surface area contributed by atoms with Gasteiger partial charge in [-0.05, 0) is 43.2 Å². The van der Waals surface area contributed by atoms with Crippen LogP contribution in [0.25, 0.3) is 0 Å². The number of hydrogen-bond acceptors (Lipinski definition) is 5. The molecule has 0 amide bonds. The quantitative estimate of drug-likeness (QED) is 0.684. The van der Waals surface area contributed by atoms with Gasteiger partial charge >= 0.3 is 5.97 Å². The van der Waals surface area contributed by atoms with Crippen molar-refractivity contribution in [2.24, 2.45) is 0 Å². The minimum Gasteiger partial charge on any atom is -0.481 e. The number of aldehydes is 1. The van der Waals surface area contributed by atoms with E-state index < -0.39 is 28.5 Å². The zero-order chi connectivity index (χ0) is 19.3. The predicted molar refractivity (Wildman–Crippen MR) is 94.9 cm³/mol. The van der Waals surface area contributed by atoms with Crippen LogP contribution in [0.2, 0.25) is 0 Å². The molecule has 7 nitrogen and oxygen atoms in total. The maximum absolute atomic E-state index is 12.6. The molecule has 8 heteroatoms. The first kappa shape index (κ1) is 19.6. The Morgan fingerprint density at radius 2 is 1.81 bits per heavy atom. The molecule has 26 heavy (non-hydrogen) atoms. The Morgan fingerprint density at radius 3 is 2.46 bits per heavy atom. The number of para-hydroxylation sites is 1. The molecule has 0 bridgehead atoms. The fraction of sp³-hybridized carbons (Fsp3) is 0.222. The van der Waals surface area contributed by atoms with E-state index in [0.29, 0.717) is 5.75 Å². The molecular formula is C18H19NO6S. The zero-order valence-corrected chi connectivity index (χ0v) is 15.1. The number of carbonyl (C=O) groups excluding carboxylic acids is 1. The molecule has 0 unspecified atom stereocenters. The van der Waals surface area contributed by atoms with Gasteiger partial charge in [0.25, 0.3) is 0 Å². The average Bonchev–Trinajstić information content (AvgIpc) is 2.58. The number of hydrogen-bond donors (Lipinski definition) is 2. The van der Waals surface area contributed by atoms with Gasteiger partial charge in [-0.3, -0.25) is 4.79 Å². The van der Waals surface area contributed by atoms with Crippen LogP contribution in [0.5, 0.6) is 11.5 Å². The van der Waals surface area contributed by atoms with Crippen molar-refractivity contribution in [1.82, 2.24) is 4.72 Å². The summed E-state index contributed by atoms with van der Waals surface area (Å²) in [7, 11) is -4.16. The van der Waals surface area contributed by atoms with Gasteiger partial charge in [-0.15, -0.1) is 0 Å². The molecule has 0 aromatic heterocycles. The lowest BCUT2D eigenvalue weighted by Crippen LogP contribution is -2.37. The van der Waals surface area contributed by atoms with E-state index in [1.165, 1.54) is 18.2 Å². The summed E-state index contributed by atoms with van der Waals surface area (Å²) < 4.78 is 33.1. The number of rotatable bonds is 8. The summed E-state index contributed by atoms with van der Waals surface area (Å²) in [6.45, 7) is 3.77. The molecule has 0 aliphatic carbocycles. The fourth-order valence-corrected chi connectivity index (χ4v) is 3.57. The zero-order valence-electron chi connectivity index (χ0n) is 14.3. The SMILES string of the molecule is Cc1cccc(Oc2ccccc2S(=O)(=O)N[C@H](C=O)CC(=O)O)c1C. The van der Waals surface area contributed by atoms with Gasteiger partial charge in [-0.2, -0.15) is 0 Å². The van der Waals surface area contributed by atoms with Crippen molar-refractivity contribution in [3.8, 4) is 11.5 Å². The van der Waals surface area contributed by atoms with E-state index in [2.05, 4.69) is 4.72 Å². The Hall–Kier alpha value is -2.71. The lowest BCUT2D eigenvalue weighted by atomic mass is 10.1. The number of aryl methyl sites for hydroxylation is 1. The molecule has 2 aromatic carbocycles. The highest BCUT2D eigenvalue weighted by atomic mass is 32.2. The number of sulfonamides is 1. The molecule has 2 rings (SSSR count). The molecule has 0 fully saturated rings. The second-order valence-electron chi connectivity index (χ2n) is 5.71. The summed E-state index contributed by atoms with van der Waals surface area (Å²) in [5.41, 5.74) is 1.85.